The van der Waals surface area contributed by atoms with Crippen molar-refractivity contribution >= 4 is 23.2 Å². The first-order valence-electron chi connectivity index (χ1n) is 10.1. The number of fused-ring (bicyclic) bond motifs is 1. The molecule has 3 heterocycles. The van der Waals surface area contributed by atoms with Gasteiger partial charge in [-0.3, -0.25) is 4.68 Å². The highest BCUT2D eigenvalue weighted by atomic mass is 35.5. The summed E-state index contributed by atoms with van der Waals surface area (Å²) in [7, 11) is 1.85. The maximum atomic E-state index is 10.0. The summed E-state index contributed by atoms with van der Waals surface area (Å²) in [5.41, 5.74) is 10.9. The highest BCUT2D eigenvalue weighted by Gasteiger charge is 2.39. The number of benzene rings is 2. The van der Waals surface area contributed by atoms with Crippen LogP contribution in [0.3, 0.4) is 0 Å². The largest absolute Gasteiger partial charge is 0.422 e. The van der Waals surface area contributed by atoms with Crippen molar-refractivity contribution in [3.05, 3.63) is 92.9 Å². The van der Waals surface area contributed by atoms with E-state index < -0.39 is 5.92 Å². The summed E-state index contributed by atoms with van der Waals surface area (Å²) in [6, 6.07) is 18.9. The minimum atomic E-state index is -0.605. The van der Waals surface area contributed by atoms with Gasteiger partial charge in [0.2, 0.25) is 11.8 Å². The molecule has 9 heteroatoms. The molecule has 1 unspecified atom stereocenters. The third-order valence-corrected chi connectivity index (χ3v) is 6.13. The molecule has 2 N–H and O–H groups in total. The van der Waals surface area contributed by atoms with Gasteiger partial charge in [-0.1, -0.05) is 47.5 Å². The van der Waals surface area contributed by atoms with E-state index in [2.05, 4.69) is 11.2 Å². The van der Waals surface area contributed by atoms with Crippen LogP contribution < -0.4 is 10.5 Å². The van der Waals surface area contributed by atoms with Gasteiger partial charge in [-0.05, 0) is 42.8 Å². The van der Waals surface area contributed by atoms with Gasteiger partial charge in [0.25, 0.3) is 0 Å². The van der Waals surface area contributed by atoms with Crippen molar-refractivity contribution in [3.8, 4) is 29.0 Å². The zero-order valence-corrected chi connectivity index (χ0v) is 19.3. The molecular weight excluding hydrogens is 459 g/mol. The van der Waals surface area contributed by atoms with Crippen molar-refractivity contribution in [1.82, 2.24) is 19.6 Å². The van der Waals surface area contributed by atoms with Crippen molar-refractivity contribution in [2.45, 2.75) is 12.8 Å². The van der Waals surface area contributed by atoms with E-state index in [9.17, 15) is 5.26 Å². The van der Waals surface area contributed by atoms with E-state index in [0.29, 0.717) is 32.7 Å². The van der Waals surface area contributed by atoms with E-state index in [1.807, 2.05) is 50.4 Å². The number of hydrogen-bond donors (Lipinski definition) is 1. The van der Waals surface area contributed by atoms with Crippen LogP contribution in [-0.4, -0.2) is 19.6 Å². The minimum Gasteiger partial charge on any atom is -0.422 e. The lowest BCUT2D eigenvalue weighted by molar-refractivity contribution is 0.367. The van der Waals surface area contributed by atoms with E-state index >= 15 is 0 Å². The van der Waals surface area contributed by atoms with Crippen molar-refractivity contribution in [1.29, 1.82) is 5.26 Å². The number of nitriles is 1. The van der Waals surface area contributed by atoms with Gasteiger partial charge in [0.05, 0.1) is 28.6 Å². The SMILES string of the molecule is Cc1cc(-c2nn(-c3ccccc3)c3c2C(c2ccc(Cl)cc2Cl)C(C#N)=C(N)O3)n(C)n1. The molecule has 0 saturated heterocycles. The summed E-state index contributed by atoms with van der Waals surface area (Å²) < 4.78 is 9.46. The lowest BCUT2D eigenvalue weighted by atomic mass is 9.83. The van der Waals surface area contributed by atoms with E-state index in [0.717, 1.165) is 17.1 Å². The van der Waals surface area contributed by atoms with Gasteiger partial charge in [-0.2, -0.15) is 20.1 Å². The zero-order chi connectivity index (χ0) is 23.3. The van der Waals surface area contributed by atoms with Crippen LogP contribution in [0.4, 0.5) is 0 Å². The minimum absolute atomic E-state index is 0.00540. The van der Waals surface area contributed by atoms with E-state index in [1.54, 1.807) is 27.6 Å². The van der Waals surface area contributed by atoms with Gasteiger partial charge < -0.3 is 10.5 Å². The predicted molar refractivity (Wildman–Crippen MR) is 126 cm³/mol. The average molecular weight is 477 g/mol. The summed E-state index contributed by atoms with van der Waals surface area (Å²) in [5, 5.41) is 20.3. The van der Waals surface area contributed by atoms with Crippen molar-refractivity contribution in [3.63, 3.8) is 0 Å². The fourth-order valence-electron chi connectivity index (χ4n) is 4.15. The van der Waals surface area contributed by atoms with E-state index in [-0.39, 0.29) is 11.5 Å². The van der Waals surface area contributed by atoms with Crippen molar-refractivity contribution in [2.24, 2.45) is 12.8 Å². The van der Waals surface area contributed by atoms with Crippen molar-refractivity contribution < 1.29 is 4.74 Å². The van der Waals surface area contributed by atoms with Crippen LogP contribution in [0.5, 0.6) is 5.88 Å². The molecule has 1 atom stereocenters. The molecule has 1 aliphatic heterocycles. The Labute approximate surface area is 200 Å². The molecule has 5 rings (SSSR count). The van der Waals surface area contributed by atoms with E-state index in [1.165, 1.54) is 0 Å². The van der Waals surface area contributed by atoms with Crippen molar-refractivity contribution in [2.75, 3.05) is 0 Å². The molecule has 0 fully saturated rings. The van der Waals surface area contributed by atoms with Crippen LogP contribution in [0.15, 0.2) is 66.1 Å². The Morgan fingerprint density at radius 3 is 2.48 bits per heavy atom. The molecule has 4 aromatic rings. The molecule has 1 aliphatic rings. The first kappa shape index (κ1) is 21.1. The lowest BCUT2D eigenvalue weighted by Gasteiger charge is -2.25. The second-order valence-electron chi connectivity index (χ2n) is 7.70. The first-order chi connectivity index (χ1) is 15.9. The molecule has 0 radical (unpaired) electrons. The maximum Gasteiger partial charge on any atom is 0.229 e. The Morgan fingerprint density at radius 1 is 1.09 bits per heavy atom. The summed E-state index contributed by atoms with van der Waals surface area (Å²) in [4.78, 5) is 0. The number of hydrogen-bond acceptors (Lipinski definition) is 5. The molecule has 0 aliphatic carbocycles. The number of nitrogens with two attached hydrogens (primary N) is 1. The van der Waals surface area contributed by atoms with Crippen LogP contribution >= 0.6 is 23.2 Å². The van der Waals surface area contributed by atoms with Gasteiger partial charge in [0, 0.05) is 17.1 Å². The summed E-state index contributed by atoms with van der Waals surface area (Å²) in [6.07, 6.45) is 0. The van der Waals surface area contributed by atoms with Gasteiger partial charge in [0.15, 0.2) is 0 Å². The highest BCUT2D eigenvalue weighted by Crippen LogP contribution is 2.49. The number of ether oxygens (including phenoxy) is 1. The quantitative estimate of drug-likeness (QED) is 0.443. The second-order valence-corrected chi connectivity index (χ2v) is 8.54. The molecule has 0 amide bonds. The third kappa shape index (κ3) is 3.44. The Balaban J connectivity index is 1.87. The molecule has 164 valence electrons. The number of halogens is 2. The summed E-state index contributed by atoms with van der Waals surface area (Å²) in [5.74, 6) is -0.181. The summed E-state index contributed by atoms with van der Waals surface area (Å²) in [6.45, 7) is 1.91. The summed E-state index contributed by atoms with van der Waals surface area (Å²) >= 11 is 12.8. The molecular formula is C24H18Cl2N6O. The third-order valence-electron chi connectivity index (χ3n) is 5.57. The Kier molecular flexibility index (Phi) is 5.12. The van der Waals surface area contributed by atoms with Gasteiger partial charge >= 0.3 is 0 Å². The van der Waals surface area contributed by atoms with Gasteiger partial charge in [-0.25, -0.2) is 0 Å². The lowest BCUT2D eigenvalue weighted by Crippen LogP contribution is -2.22. The Hall–Kier alpha value is -3.73. The standard InChI is InChI=1S/C24H18Cl2N6O/c1-13-10-19(31(2)29-13)22-21-20(16-9-8-14(25)11-18(16)26)17(12-27)23(28)33-24(21)32(30-22)15-6-4-3-5-7-15/h3-11,20H,28H2,1-2H3. The number of rotatable bonds is 3. The van der Waals surface area contributed by atoms with Crippen LogP contribution in [0.2, 0.25) is 10.0 Å². The molecule has 33 heavy (non-hydrogen) atoms. The second kappa shape index (κ2) is 8.00. The normalized spacial score (nSPS) is 15.2. The van der Waals surface area contributed by atoms with Gasteiger partial charge in [0.1, 0.15) is 17.3 Å². The fourth-order valence-corrected chi connectivity index (χ4v) is 4.67. The molecule has 2 aromatic heterocycles. The smallest absolute Gasteiger partial charge is 0.229 e. The molecule has 0 spiro atoms. The van der Waals surface area contributed by atoms with Crippen LogP contribution in [-0.2, 0) is 7.05 Å². The topological polar surface area (TPSA) is 94.7 Å². The molecule has 0 bridgehead atoms. The fraction of sp³-hybridized carbons (Fsp3) is 0.125. The first-order valence-corrected chi connectivity index (χ1v) is 10.9. The zero-order valence-electron chi connectivity index (χ0n) is 17.8. The van der Waals surface area contributed by atoms with Crippen LogP contribution in [0.1, 0.15) is 22.7 Å². The van der Waals surface area contributed by atoms with Gasteiger partial charge in [-0.15, -0.1) is 0 Å². The number of allylic oxidation sites excluding steroid dienone is 1. The number of aromatic nitrogens is 4. The number of aryl methyl sites for hydroxylation is 2. The highest BCUT2D eigenvalue weighted by molar-refractivity contribution is 6.35. The van der Waals surface area contributed by atoms with Crippen LogP contribution in [0, 0.1) is 18.3 Å². The van der Waals surface area contributed by atoms with Crippen LogP contribution in [0.25, 0.3) is 17.1 Å². The Bertz CT molecular complexity index is 1460. The number of nitrogens with zero attached hydrogens (tertiary/aromatic N) is 5. The monoisotopic (exact) mass is 476 g/mol. The number of para-hydroxylation sites is 1. The van der Waals surface area contributed by atoms with E-state index in [4.69, 9.17) is 38.8 Å². The molecule has 2 aromatic carbocycles. The molecule has 0 saturated carbocycles. The average Bonchev–Trinajstić information content (AvgIpc) is 3.32. The maximum absolute atomic E-state index is 10.0. The Morgan fingerprint density at radius 2 is 1.85 bits per heavy atom. The predicted octanol–water partition coefficient (Wildman–Crippen LogP) is 5.11. The molecule has 7 nitrogen and oxygen atoms in total.